The Morgan fingerprint density at radius 1 is 0.957 bits per heavy atom. The predicted octanol–water partition coefficient (Wildman–Crippen LogP) is 4.33. The second-order valence-electron chi connectivity index (χ2n) is 8.21. The van der Waals surface area contributed by atoms with Gasteiger partial charge in [-0.3, -0.25) is 11.3 Å². The zero-order chi connectivity index (χ0) is 17.4. The summed E-state index contributed by atoms with van der Waals surface area (Å²) < 4.78 is 0. The van der Waals surface area contributed by atoms with E-state index in [0.29, 0.717) is 12.1 Å². The van der Waals surface area contributed by atoms with Crippen molar-refractivity contribution >= 4 is 0 Å². The Morgan fingerprint density at radius 3 is 1.96 bits per heavy atom. The fourth-order valence-corrected chi connectivity index (χ4v) is 4.77. The van der Waals surface area contributed by atoms with Crippen molar-refractivity contribution in [3.8, 4) is 0 Å². The zero-order valence-electron chi connectivity index (χ0n) is 16.6. The molecule has 0 radical (unpaired) electrons. The maximum absolute atomic E-state index is 5.57. The maximum Gasteiger partial charge on any atom is 0.0254 e. The van der Waals surface area contributed by atoms with Crippen molar-refractivity contribution in [1.29, 1.82) is 0 Å². The Kier molecular flexibility index (Phi) is 9.72. The number of hydrazine groups is 1. The van der Waals surface area contributed by atoms with Crippen LogP contribution in [0.5, 0.6) is 0 Å². The van der Waals surface area contributed by atoms with E-state index in [-0.39, 0.29) is 0 Å². The monoisotopic (exact) mass is 325 g/mol. The summed E-state index contributed by atoms with van der Waals surface area (Å²) in [6.07, 6.45) is 7.97. The van der Waals surface area contributed by atoms with Gasteiger partial charge in [-0.15, -0.1) is 0 Å². The Morgan fingerprint density at radius 2 is 1.57 bits per heavy atom. The molecule has 1 saturated carbocycles. The number of rotatable bonds is 13. The third-order valence-corrected chi connectivity index (χ3v) is 6.16. The first kappa shape index (κ1) is 20.9. The molecular formula is C20H43N3. The van der Waals surface area contributed by atoms with Crippen molar-refractivity contribution in [3.05, 3.63) is 0 Å². The second kappa shape index (κ2) is 10.7. The Bertz CT molecular complexity index is 301. The summed E-state index contributed by atoms with van der Waals surface area (Å²) >= 11 is 0. The van der Waals surface area contributed by atoms with Crippen LogP contribution in [0.15, 0.2) is 0 Å². The lowest BCUT2D eigenvalue weighted by Gasteiger charge is -2.37. The standard InChI is InChI=1S/C20H43N3/c1-7-16(19(9-3)18(8-2)14(4)5)12-15(6)23-20(13-22-21)17-10-11-17/h14-20,22-23H,7-13,21H2,1-6H3. The number of nitrogens with two attached hydrogens (primary N) is 1. The lowest BCUT2D eigenvalue weighted by atomic mass is 9.70. The van der Waals surface area contributed by atoms with Crippen LogP contribution in [0.3, 0.4) is 0 Å². The van der Waals surface area contributed by atoms with Crippen molar-refractivity contribution < 1.29 is 0 Å². The number of nitrogens with one attached hydrogen (secondary N) is 2. The molecule has 0 saturated heterocycles. The van der Waals surface area contributed by atoms with E-state index in [1.165, 1.54) is 38.5 Å². The second-order valence-corrected chi connectivity index (χ2v) is 8.21. The van der Waals surface area contributed by atoms with E-state index in [2.05, 4.69) is 52.3 Å². The van der Waals surface area contributed by atoms with Gasteiger partial charge in [-0.2, -0.15) is 0 Å². The van der Waals surface area contributed by atoms with Crippen LogP contribution in [-0.4, -0.2) is 18.6 Å². The van der Waals surface area contributed by atoms with Crippen molar-refractivity contribution in [2.75, 3.05) is 6.54 Å². The first-order valence-corrected chi connectivity index (χ1v) is 10.2. The fraction of sp³-hybridized carbons (Fsp3) is 1.00. The molecule has 5 unspecified atom stereocenters. The molecular weight excluding hydrogens is 282 g/mol. The largest absolute Gasteiger partial charge is 0.310 e. The van der Waals surface area contributed by atoms with Gasteiger partial charge in [0.25, 0.3) is 0 Å². The molecule has 1 rings (SSSR count). The van der Waals surface area contributed by atoms with Gasteiger partial charge in [-0.05, 0) is 55.8 Å². The third-order valence-electron chi connectivity index (χ3n) is 6.16. The Balaban J connectivity index is 2.61. The van der Waals surface area contributed by atoms with Gasteiger partial charge in [0.2, 0.25) is 0 Å². The topological polar surface area (TPSA) is 50.1 Å². The van der Waals surface area contributed by atoms with Gasteiger partial charge in [0.05, 0.1) is 0 Å². The van der Waals surface area contributed by atoms with Gasteiger partial charge in [0, 0.05) is 18.6 Å². The molecule has 23 heavy (non-hydrogen) atoms. The van der Waals surface area contributed by atoms with Gasteiger partial charge in [0.15, 0.2) is 0 Å². The van der Waals surface area contributed by atoms with Crippen LogP contribution in [-0.2, 0) is 0 Å². The molecule has 3 heteroatoms. The minimum absolute atomic E-state index is 0.555. The quantitative estimate of drug-likeness (QED) is 0.349. The van der Waals surface area contributed by atoms with Crippen LogP contribution < -0.4 is 16.6 Å². The molecule has 0 amide bonds. The lowest BCUT2D eigenvalue weighted by molar-refractivity contribution is 0.143. The highest BCUT2D eigenvalue weighted by Gasteiger charge is 2.33. The highest BCUT2D eigenvalue weighted by atomic mass is 15.2. The van der Waals surface area contributed by atoms with Crippen LogP contribution in [0.1, 0.15) is 80.1 Å². The van der Waals surface area contributed by atoms with Gasteiger partial charge in [0.1, 0.15) is 0 Å². The fourth-order valence-electron chi connectivity index (χ4n) is 4.77. The maximum atomic E-state index is 5.57. The van der Waals surface area contributed by atoms with E-state index < -0.39 is 0 Å². The minimum Gasteiger partial charge on any atom is -0.310 e. The first-order chi connectivity index (χ1) is 11.0. The lowest BCUT2D eigenvalue weighted by Crippen LogP contribution is -2.47. The molecule has 3 nitrogen and oxygen atoms in total. The smallest absolute Gasteiger partial charge is 0.0254 e. The molecule has 0 aromatic carbocycles. The predicted molar refractivity (Wildman–Crippen MR) is 102 cm³/mol. The van der Waals surface area contributed by atoms with Crippen LogP contribution in [0.4, 0.5) is 0 Å². The molecule has 4 N–H and O–H groups in total. The van der Waals surface area contributed by atoms with Crippen molar-refractivity contribution in [2.24, 2.45) is 35.4 Å². The molecule has 0 bridgehead atoms. The van der Waals surface area contributed by atoms with E-state index in [9.17, 15) is 0 Å². The summed E-state index contributed by atoms with van der Waals surface area (Å²) in [6, 6.07) is 1.14. The van der Waals surface area contributed by atoms with Crippen LogP contribution >= 0.6 is 0 Å². The van der Waals surface area contributed by atoms with Crippen molar-refractivity contribution in [1.82, 2.24) is 10.7 Å². The summed E-state index contributed by atoms with van der Waals surface area (Å²) in [5, 5.41) is 3.87. The van der Waals surface area contributed by atoms with Crippen LogP contribution in [0.25, 0.3) is 0 Å². The number of hydrogen-bond acceptors (Lipinski definition) is 3. The van der Waals surface area contributed by atoms with Gasteiger partial charge in [-0.25, -0.2) is 0 Å². The van der Waals surface area contributed by atoms with Crippen LogP contribution in [0.2, 0.25) is 0 Å². The number of hydrogen-bond donors (Lipinski definition) is 3. The zero-order valence-corrected chi connectivity index (χ0v) is 16.6. The van der Waals surface area contributed by atoms with E-state index in [4.69, 9.17) is 5.84 Å². The molecule has 0 aromatic rings. The first-order valence-electron chi connectivity index (χ1n) is 10.2. The normalized spacial score (nSPS) is 21.9. The molecule has 1 aliphatic carbocycles. The molecule has 0 heterocycles. The molecule has 1 aliphatic rings. The minimum atomic E-state index is 0.555. The highest BCUT2D eigenvalue weighted by molar-refractivity contribution is 4.89. The molecule has 138 valence electrons. The third kappa shape index (κ3) is 6.72. The van der Waals surface area contributed by atoms with Gasteiger partial charge >= 0.3 is 0 Å². The molecule has 0 aliphatic heterocycles. The van der Waals surface area contributed by atoms with E-state index in [1.807, 2.05) is 0 Å². The van der Waals surface area contributed by atoms with Crippen molar-refractivity contribution in [2.45, 2.75) is 92.2 Å². The molecule has 1 fully saturated rings. The SMILES string of the molecule is CCC(CC(C)NC(CNN)C1CC1)C(CC)C(CC)C(C)C. The summed E-state index contributed by atoms with van der Waals surface area (Å²) in [6.45, 7) is 15.2. The summed E-state index contributed by atoms with van der Waals surface area (Å²) in [4.78, 5) is 0. The van der Waals surface area contributed by atoms with Crippen molar-refractivity contribution in [3.63, 3.8) is 0 Å². The van der Waals surface area contributed by atoms with Crippen LogP contribution in [0, 0.1) is 29.6 Å². The highest BCUT2D eigenvalue weighted by Crippen LogP contribution is 2.37. The Hall–Kier alpha value is -0.120. The molecule has 5 atom stereocenters. The van der Waals surface area contributed by atoms with E-state index in [1.54, 1.807) is 0 Å². The molecule has 0 aromatic heterocycles. The summed E-state index contributed by atoms with van der Waals surface area (Å²) in [5.74, 6) is 9.76. The summed E-state index contributed by atoms with van der Waals surface area (Å²) in [5.41, 5.74) is 2.88. The average molecular weight is 326 g/mol. The van der Waals surface area contributed by atoms with Gasteiger partial charge in [-0.1, -0.05) is 53.9 Å². The summed E-state index contributed by atoms with van der Waals surface area (Å²) in [7, 11) is 0. The Labute approximate surface area is 145 Å². The van der Waals surface area contributed by atoms with E-state index >= 15 is 0 Å². The van der Waals surface area contributed by atoms with Gasteiger partial charge < -0.3 is 5.32 Å². The average Bonchev–Trinajstić information content (AvgIpc) is 3.34. The van der Waals surface area contributed by atoms with E-state index in [0.717, 1.165) is 36.1 Å². The molecule has 0 spiro atoms.